The van der Waals surface area contributed by atoms with Gasteiger partial charge in [0.15, 0.2) is 0 Å². The fourth-order valence-electron chi connectivity index (χ4n) is 3.64. The second-order valence-corrected chi connectivity index (χ2v) is 6.71. The molecule has 2 heteroatoms. The van der Waals surface area contributed by atoms with E-state index in [1.165, 1.54) is 25.3 Å². The van der Waals surface area contributed by atoms with Crippen LogP contribution in [0.1, 0.15) is 59.8 Å². The van der Waals surface area contributed by atoms with E-state index in [0.29, 0.717) is 6.61 Å². The average Bonchev–Trinajstić information content (AvgIpc) is 2.66. The van der Waals surface area contributed by atoms with Crippen molar-refractivity contribution >= 4 is 5.97 Å². The molecule has 0 spiro atoms. The number of carbonyl (C=O) groups excluding carboxylic acids is 1. The van der Waals surface area contributed by atoms with Gasteiger partial charge in [-0.2, -0.15) is 0 Å². The minimum atomic E-state index is -0.163. The molecule has 0 bridgehead atoms. The lowest BCUT2D eigenvalue weighted by Gasteiger charge is -2.43. The molecule has 0 amide bonds. The van der Waals surface area contributed by atoms with Gasteiger partial charge in [0.25, 0.3) is 0 Å². The highest BCUT2D eigenvalue weighted by Gasteiger charge is 2.50. The van der Waals surface area contributed by atoms with Crippen molar-refractivity contribution in [3.63, 3.8) is 0 Å². The van der Waals surface area contributed by atoms with Crippen LogP contribution in [0.5, 0.6) is 0 Å². The van der Waals surface area contributed by atoms with Crippen molar-refractivity contribution in [1.82, 2.24) is 0 Å². The van der Waals surface area contributed by atoms with Crippen LogP contribution in [0, 0.1) is 10.8 Å². The van der Waals surface area contributed by atoms with E-state index < -0.39 is 0 Å². The van der Waals surface area contributed by atoms with Crippen LogP contribution in [0.4, 0.5) is 0 Å². The Morgan fingerprint density at radius 3 is 2.58 bits per heavy atom. The molecule has 2 aliphatic rings. The Morgan fingerprint density at radius 1 is 1.26 bits per heavy atom. The molecule has 19 heavy (non-hydrogen) atoms. The third kappa shape index (κ3) is 2.63. The molecule has 2 atom stereocenters. The summed E-state index contributed by atoms with van der Waals surface area (Å²) in [7, 11) is 0. The minimum Gasteiger partial charge on any atom is -0.465 e. The fourth-order valence-corrected chi connectivity index (χ4v) is 3.64. The molecule has 0 saturated heterocycles. The second kappa shape index (κ2) is 5.15. The van der Waals surface area contributed by atoms with Crippen molar-refractivity contribution in [2.24, 2.45) is 10.8 Å². The number of hydrogen-bond acceptors (Lipinski definition) is 2. The molecule has 0 N–H and O–H groups in total. The summed E-state index contributed by atoms with van der Waals surface area (Å²) in [6, 6.07) is 0. The number of hydrogen-bond donors (Lipinski definition) is 0. The molecule has 0 aromatic heterocycles. The van der Waals surface area contributed by atoms with Gasteiger partial charge in [-0.1, -0.05) is 43.6 Å². The number of ether oxygens (including phenoxy) is 1. The molecular weight excluding hydrogens is 236 g/mol. The number of esters is 1. The third-order valence-corrected chi connectivity index (χ3v) is 5.38. The first-order chi connectivity index (χ1) is 8.87. The van der Waals surface area contributed by atoms with Gasteiger partial charge in [-0.25, -0.2) is 0 Å². The highest BCUT2D eigenvalue weighted by molar-refractivity contribution is 5.65. The maximum absolute atomic E-state index is 11.1. The monoisotopic (exact) mass is 262 g/mol. The maximum atomic E-state index is 11.1. The summed E-state index contributed by atoms with van der Waals surface area (Å²) in [5, 5.41) is 0. The molecule has 2 rings (SSSR count). The molecule has 0 aromatic carbocycles. The Bertz CT molecular complexity index is 433. The first-order valence-corrected chi connectivity index (χ1v) is 7.36. The molecular formula is C17H26O2. The predicted molar refractivity (Wildman–Crippen MR) is 77.8 cm³/mol. The fraction of sp³-hybridized carbons (Fsp3) is 0.706. The van der Waals surface area contributed by atoms with Crippen molar-refractivity contribution in [1.29, 1.82) is 0 Å². The summed E-state index contributed by atoms with van der Waals surface area (Å²) in [5.74, 6) is -0.163. The quantitative estimate of drug-likeness (QED) is 0.556. The zero-order valence-electron chi connectivity index (χ0n) is 12.7. The van der Waals surface area contributed by atoms with Crippen LogP contribution in [-0.2, 0) is 9.53 Å². The van der Waals surface area contributed by atoms with Crippen LogP contribution in [0.25, 0.3) is 0 Å². The normalized spacial score (nSPS) is 34.7. The van der Waals surface area contributed by atoms with E-state index in [1.807, 2.05) is 0 Å². The molecule has 0 aliphatic heterocycles. The highest BCUT2D eigenvalue weighted by atomic mass is 16.5. The average molecular weight is 262 g/mol. The van der Waals surface area contributed by atoms with Crippen LogP contribution in [-0.4, -0.2) is 12.6 Å². The van der Waals surface area contributed by atoms with Crippen LogP contribution in [0.3, 0.4) is 0 Å². The van der Waals surface area contributed by atoms with Gasteiger partial charge < -0.3 is 4.74 Å². The van der Waals surface area contributed by atoms with E-state index in [-0.39, 0.29) is 16.8 Å². The van der Waals surface area contributed by atoms with Crippen LogP contribution >= 0.6 is 0 Å². The van der Waals surface area contributed by atoms with E-state index in [0.717, 1.165) is 19.3 Å². The Kier molecular flexibility index (Phi) is 3.89. The van der Waals surface area contributed by atoms with Crippen LogP contribution in [0.15, 0.2) is 23.3 Å². The molecule has 0 radical (unpaired) electrons. The summed E-state index contributed by atoms with van der Waals surface area (Å²) >= 11 is 0. The third-order valence-electron chi connectivity index (χ3n) is 5.38. The summed E-state index contributed by atoms with van der Waals surface area (Å²) in [6.07, 6.45) is 10.5. The lowest BCUT2D eigenvalue weighted by atomic mass is 9.62. The summed E-state index contributed by atoms with van der Waals surface area (Å²) in [5.41, 5.74) is 3.28. The van der Waals surface area contributed by atoms with E-state index >= 15 is 0 Å². The molecule has 1 saturated carbocycles. The zero-order valence-corrected chi connectivity index (χ0v) is 12.7. The van der Waals surface area contributed by atoms with Gasteiger partial charge in [0.05, 0.1) is 6.61 Å². The summed E-state index contributed by atoms with van der Waals surface area (Å²) < 4.78 is 5.35. The van der Waals surface area contributed by atoms with Gasteiger partial charge in [0.1, 0.15) is 0 Å². The summed E-state index contributed by atoms with van der Waals surface area (Å²) in [6.45, 7) is 8.90. The number of rotatable bonds is 3. The van der Waals surface area contributed by atoms with Crippen LogP contribution < -0.4 is 0 Å². The van der Waals surface area contributed by atoms with Gasteiger partial charge >= 0.3 is 5.97 Å². The van der Waals surface area contributed by atoms with E-state index in [2.05, 4.69) is 32.9 Å². The molecule has 0 unspecified atom stereocenters. The molecule has 0 aromatic rings. The molecule has 2 nitrogen and oxygen atoms in total. The van der Waals surface area contributed by atoms with E-state index in [9.17, 15) is 4.79 Å². The number of allylic oxidation sites excluding steroid dienone is 4. The first-order valence-electron chi connectivity index (χ1n) is 7.36. The first kappa shape index (κ1) is 14.4. The van der Waals surface area contributed by atoms with Crippen molar-refractivity contribution in [2.75, 3.05) is 6.61 Å². The van der Waals surface area contributed by atoms with Gasteiger partial charge in [-0.05, 0) is 38.0 Å². The zero-order chi connectivity index (χ0) is 14.1. The van der Waals surface area contributed by atoms with Crippen molar-refractivity contribution < 1.29 is 9.53 Å². The van der Waals surface area contributed by atoms with Crippen molar-refractivity contribution in [2.45, 2.75) is 59.8 Å². The van der Waals surface area contributed by atoms with Crippen molar-refractivity contribution in [3.8, 4) is 0 Å². The minimum absolute atomic E-state index is 0.0869. The maximum Gasteiger partial charge on any atom is 0.302 e. The van der Waals surface area contributed by atoms with Gasteiger partial charge in [-0.3, -0.25) is 4.79 Å². The standard InChI is InChI=1S/C17H26O2/c1-13-6-8-15(9-7-13)17(4)11-5-10-16(17,3)12-19-14(2)18/h6,9H,5,7-8,10-12H2,1-4H3/t16-,17+/m0/s1. The molecule has 1 fully saturated rings. The molecule has 2 aliphatic carbocycles. The molecule has 106 valence electrons. The Labute approximate surface area is 116 Å². The summed E-state index contributed by atoms with van der Waals surface area (Å²) in [4.78, 5) is 11.1. The largest absolute Gasteiger partial charge is 0.465 e. The lowest BCUT2D eigenvalue weighted by molar-refractivity contribution is -0.146. The van der Waals surface area contributed by atoms with E-state index in [4.69, 9.17) is 4.74 Å². The topological polar surface area (TPSA) is 26.3 Å². The Balaban J connectivity index is 2.18. The van der Waals surface area contributed by atoms with Gasteiger partial charge in [0.2, 0.25) is 0 Å². The predicted octanol–water partition coefficient (Wildman–Crippen LogP) is 4.41. The number of carbonyl (C=O) groups is 1. The second-order valence-electron chi connectivity index (χ2n) is 6.71. The van der Waals surface area contributed by atoms with Gasteiger partial charge in [0, 0.05) is 12.3 Å². The lowest BCUT2D eigenvalue weighted by Crippen LogP contribution is -2.39. The Hall–Kier alpha value is -1.05. The smallest absolute Gasteiger partial charge is 0.302 e. The van der Waals surface area contributed by atoms with Crippen LogP contribution in [0.2, 0.25) is 0 Å². The van der Waals surface area contributed by atoms with Gasteiger partial charge in [-0.15, -0.1) is 0 Å². The van der Waals surface area contributed by atoms with Crippen molar-refractivity contribution in [3.05, 3.63) is 23.3 Å². The SMILES string of the molecule is CC(=O)OC[C@]1(C)CCC[C@]1(C)C1=CCC(C)=CC1. The van der Waals surface area contributed by atoms with E-state index in [1.54, 1.807) is 5.57 Å². The molecule has 0 heterocycles. The highest BCUT2D eigenvalue weighted by Crippen LogP contribution is 2.58. The Morgan fingerprint density at radius 2 is 2.00 bits per heavy atom.